The number of aliphatic hydroxyl groups excluding tert-OH is 1. The summed E-state index contributed by atoms with van der Waals surface area (Å²) in [6.45, 7) is 9.11. The van der Waals surface area contributed by atoms with E-state index in [-0.39, 0.29) is 12.7 Å². The lowest BCUT2D eigenvalue weighted by molar-refractivity contribution is 0.173. The van der Waals surface area contributed by atoms with Gasteiger partial charge in [-0.05, 0) is 79.8 Å². The number of nitrogens with zero attached hydrogens (tertiary/aromatic N) is 5. The van der Waals surface area contributed by atoms with Gasteiger partial charge in [0.1, 0.15) is 36.5 Å². The molecule has 0 radical (unpaired) electrons. The van der Waals surface area contributed by atoms with Crippen molar-refractivity contribution in [3.05, 3.63) is 116 Å². The summed E-state index contributed by atoms with van der Waals surface area (Å²) in [5.41, 5.74) is 14.3. The number of nitrogens with two attached hydrogens (primary N) is 1. The number of thiazole rings is 1. The molecule has 0 aliphatic carbocycles. The molecule has 1 atom stereocenters. The summed E-state index contributed by atoms with van der Waals surface area (Å²) in [6, 6.07) is 20.1. The molecule has 5 aromatic rings. The van der Waals surface area contributed by atoms with Crippen LogP contribution in [0.25, 0.3) is 11.1 Å². The van der Waals surface area contributed by atoms with Crippen LogP contribution in [0.3, 0.4) is 0 Å². The van der Waals surface area contributed by atoms with Crippen LogP contribution in [0, 0.1) is 25.2 Å². The fourth-order valence-electron chi connectivity index (χ4n) is 6.59. The van der Waals surface area contributed by atoms with E-state index in [1.165, 1.54) is 17.5 Å². The molecule has 2 aromatic heterocycles. The molecular formula is C41H45ClN6O4S. The molecule has 12 heteroatoms. The highest BCUT2D eigenvalue weighted by Crippen LogP contribution is 2.37. The van der Waals surface area contributed by atoms with Crippen LogP contribution in [0.1, 0.15) is 51.9 Å². The van der Waals surface area contributed by atoms with Crippen LogP contribution in [-0.4, -0.2) is 64.3 Å². The van der Waals surface area contributed by atoms with Gasteiger partial charge in [0.2, 0.25) is 0 Å². The number of benzene rings is 3. The van der Waals surface area contributed by atoms with E-state index in [0.717, 1.165) is 82.9 Å². The molecule has 1 aliphatic heterocycles. The molecule has 0 bridgehead atoms. The van der Waals surface area contributed by atoms with Crippen LogP contribution in [-0.2, 0) is 26.3 Å². The molecular weight excluding hydrogens is 708 g/mol. The number of aromatic nitrogens is 2. The molecule has 3 heterocycles. The minimum Gasteiger partial charge on any atom is -0.493 e. The normalized spacial score (nSPS) is 14.4. The molecule has 0 amide bonds. The molecule has 276 valence electrons. The lowest BCUT2D eigenvalue weighted by atomic mass is 9.93. The molecule has 6 rings (SSSR count). The Morgan fingerprint density at radius 2 is 1.77 bits per heavy atom. The second kappa shape index (κ2) is 17.9. The summed E-state index contributed by atoms with van der Waals surface area (Å²) in [4.78, 5) is 13.0. The summed E-state index contributed by atoms with van der Waals surface area (Å²) < 4.78 is 19.0. The van der Waals surface area contributed by atoms with Crippen molar-refractivity contribution in [2.24, 2.45) is 0 Å². The second-order valence-electron chi connectivity index (χ2n) is 13.5. The van der Waals surface area contributed by atoms with Crippen LogP contribution in [0.2, 0.25) is 5.02 Å². The van der Waals surface area contributed by atoms with Crippen LogP contribution >= 0.6 is 22.9 Å². The van der Waals surface area contributed by atoms with E-state index in [1.807, 2.05) is 42.8 Å². The molecule has 1 fully saturated rings. The van der Waals surface area contributed by atoms with Gasteiger partial charge < -0.3 is 30.0 Å². The zero-order valence-electron chi connectivity index (χ0n) is 30.3. The van der Waals surface area contributed by atoms with E-state index in [1.54, 1.807) is 12.3 Å². The van der Waals surface area contributed by atoms with E-state index in [9.17, 15) is 10.4 Å². The summed E-state index contributed by atoms with van der Waals surface area (Å²) in [7, 11) is 2.00. The lowest BCUT2D eigenvalue weighted by Gasteiger charge is -2.20. The number of nitrogen functional groups attached to an aromatic ring is 1. The fraction of sp³-hybridized carbons (Fsp3) is 0.341. The molecule has 53 heavy (non-hydrogen) atoms. The van der Waals surface area contributed by atoms with Crippen molar-refractivity contribution in [2.45, 2.75) is 59.1 Å². The first-order valence-corrected chi connectivity index (χ1v) is 18.9. The van der Waals surface area contributed by atoms with Gasteiger partial charge in [0.15, 0.2) is 5.13 Å². The fourth-order valence-corrected chi connectivity index (χ4v) is 7.38. The Morgan fingerprint density at radius 3 is 2.53 bits per heavy atom. The lowest BCUT2D eigenvalue weighted by Crippen LogP contribution is -2.24. The molecule has 1 unspecified atom stereocenters. The average Bonchev–Trinajstić information content (AvgIpc) is 3.76. The summed E-state index contributed by atoms with van der Waals surface area (Å²) in [5.74, 6) is 2.00. The molecule has 0 saturated carbocycles. The number of pyridine rings is 1. The van der Waals surface area contributed by atoms with Gasteiger partial charge in [0.25, 0.3) is 0 Å². The van der Waals surface area contributed by atoms with Gasteiger partial charge in [-0.1, -0.05) is 41.9 Å². The first-order valence-electron chi connectivity index (χ1n) is 17.7. The minimum atomic E-state index is -0.204. The monoisotopic (exact) mass is 752 g/mol. The van der Waals surface area contributed by atoms with E-state index in [4.69, 9.17) is 31.5 Å². The molecule has 1 aliphatic rings. The van der Waals surface area contributed by atoms with Gasteiger partial charge in [-0.3, -0.25) is 9.88 Å². The maximum absolute atomic E-state index is 9.80. The van der Waals surface area contributed by atoms with Gasteiger partial charge >= 0.3 is 0 Å². The maximum Gasteiger partial charge on any atom is 0.180 e. The number of hydrogen-bond donors (Lipinski definition) is 2. The largest absolute Gasteiger partial charge is 0.493 e. The zero-order valence-corrected chi connectivity index (χ0v) is 31.9. The number of rotatable bonds is 16. The van der Waals surface area contributed by atoms with Crippen molar-refractivity contribution in [3.8, 4) is 34.4 Å². The van der Waals surface area contributed by atoms with E-state index in [2.05, 4.69) is 57.9 Å². The number of ether oxygens (including phenoxy) is 3. The highest BCUT2D eigenvalue weighted by Gasteiger charge is 2.20. The van der Waals surface area contributed by atoms with Crippen molar-refractivity contribution >= 4 is 28.1 Å². The predicted molar refractivity (Wildman–Crippen MR) is 209 cm³/mol. The van der Waals surface area contributed by atoms with Gasteiger partial charge in [-0.15, -0.1) is 11.3 Å². The topological polar surface area (TPSA) is 130 Å². The van der Waals surface area contributed by atoms with Crippen LogP contribution in [0.5, 0.6) is 17.2 Å². The number of nitriles is 1. The number of likely N-dealkylation sites (tertiary alicyclic amines) is 1. The van der Waals surface area contributed by atoms with Crippen molar-refractivity contribution in [1.29, 1.82) is 5.26 Å². The summed E-state index contributed by atoms with van der Waals surface area (Å²) in [6.07, 6.45) is 4.77. The van der Waals surface area contributed by atoms with Gasteiger partial charge in [-0.2, -0.15) is 5.26 Å². The van der Waals surface area contributed by atoms with Crippen molar-refractivity contribution in [2.75, 3.05) is 39.0 Å². The molecule has 1 saturated heterocycles. The predicted octanol–water partition coefficient (Wildman–Crippen LogP) is 7.55. The first-order chi connectivity index (χ1) is 25.7. The molecule has 0 spiro atoms. The number of aliphatic hydroxyl groups is 1. The average molecular weight is 753 g/mol. The van der Waals surface area contributed by atoms with Crippen LogP contribution in [0.4, 0.5) is 5.13 Å². The Labute approximate surface area is 320 Å². The Balaban J connectivity index is 1.17. The van der Waals surface area contributed by atoms with E-state index >= 15 is 0 Å². The zero-order chi connectivity index (χ0) is 37.3. The third-order valence-corrected chi connectivity index (χ3v) is 10.4. The highest BCUT2D eigenvalue weighted by molar-refractivity contribution is 7.13. The number of β-amino-alcohol motifs (C(OH)–C–C–N with tert-alkyl or cyclic N) is 1. The minimum absolute atomic E-state index is 0.204. The molecule has 10 nitrogen and oxygen atoms in total. The Bertz CT molecular complexity index is 2070. The van der Waals surface area contributed by atoms with Crippen LogP contribution < -0.4 is 19.9 Å². The van der Waals surface area contributed by atoms with E-state index < -0.39 is 0 Å². The highest BCUT2D eigenvalue weighted by atomic mass is 35.5. The third kappa shape index (κ3) is 10.0. The Morgan fingerprint density at radius 1 is 0.981 bits per heavy atom. The third-order valence-electron chi connectivity index (χ3n) is 9.40. The summed E-state index contributed by atoms with van der Waals surface area (Å²) in [5, 5.41) is 22.1. The molecule has 3 aromatic carbocycles. The maximum atomic E-state index is 9.80. The Hall–Kier alpha value is -4.70. The first kappa shape index (κ1) is 38.0. The number of anilines is 1. The molecule has 3 N–H and O–H groups in total. The number of hydrogen-bond acceptors (Lipinski definition) is 11. The number of halogens is 1. The smallest absolute Gasteiger partial charge is 0.180 e. The van der Waals surface area contributed by atoms with Crippen molar-refractivity contribution in [3.63, 3.8) is 0 Å². The van der Waals surface area contributed by atoms with Gasteiger partial charge in [0.05, 0.1) is 29.0 Å². The SMILES string of the molecule is Cc1c(COc2cc(OCc3cncc(C#N)c3)c(CN(C)Cc3csc(N)n3)cc2Cl)cccc1-c1cccc(OCCCN2CCC(O)C2)c1C. The van der Waals surface area contributed by atoms with Gasteiger partial charge in [0, 0.05) is 67.7 Å². The van der Waals surface area contributed by atoms with Crippen LogP contribution in [0.15, 0.2) is 72.4 Å². The van der Waals surface area contributed by atoms with Crippen molar-refractivity contribution in [1.82, 2.24) is 19.8 Å². The summed E-state index contributed by atoms with van der Waals surface area (Å²) >= 11 is 8.29. The second-order valence-corrected chi connectivity index (χ2v) is 14.8. The standard InChI is InChI=1S/C41H45ClN6O4S/c1-27-31(7-4-8-35(27)36-9-5-10-38(28(36)2)50-14-6-12-48-13-11-34(49)23-48)25-52-40-17-39(51-24-30-15-29(18-43)19-45-20-30)32(16-37(40)42)21-47(3)22-33-26-53-41(44)46-33/h4-5,7-10,15-17,19-20,26,34,49H,6,11-14,21-25H2,1-3H3,(H2,44,46). The quantitative estimate of drug-likeness (QED) is 0.0975. The Kier molecular flexibility index (Phi) is 12.8. The van der Waals surface area contributed by atoms with E-state index in [0.29, 0.717) is 53.5 Å². The van der Waals surface area contributed by atoms with Gasteiger partial charge in [-0.25, -0.2) is 4.98 Å². The van der Waals surface area contributed by atoms with Crippen molar-refractivity contribution < 1.29 is 19.3 Å².